The fourth-order valence-electron chi connectivity index (χ4n) is 2.57. The minimum atomic E-state index is -0.336. The van der Waals surface area contributed by atoms with Crippen LogP contribution in [0.25, 0.3) is 17.0 Å². The minimum Gasteiger partial charge on any atom is -0.299 e. The lowest BCUT2D eigenvalue weighted by molar-refractivity contribution is -0.115. The number of carbonyl (C=O) groups is 2. The molecule has 132 valence electrons. The zero-order chi connectivity index (χ0) is 18.6. The maximum absolute atomic E-state index is 12.2. The van der Waals surface area contributed by atoms with Crippen LogP contribution in [0.1, 0.15) is 15.9 Å². The van der Waals surface area contributed by atoms with E-state index in [-0.39, 0.29) is 11.8 Å². The van der Waals surface area contributed by atoms with E-state index >= 15 is 0 Å². The molecule has 7 heteroatoms. The zero-order valence-electron chi connectivity index (χ0n) is 14.0. The molecule has 0 atom stereocenters. The van der Waals surface area contributed by atoms with Gasteiger partial charge in [-0.05, 0) is 53.7 Å². The van der Waals surface area contributed by atoms with Gasteiger partial charge in [-0.1, -0.05) is 30.3 Å². The molecular formula is C20H14N4O2S. The first-order valence-corrected chi connectivity index (χ1v) is 8.99. The number of benzene rings is 2. The number of nitrogens with zero attached hydrogens (tertiary/aromatic N) is 2. The molecule has 0 aliphatic carbocycles. The number of rotatable bonds is 3. The lowest BCUT2D eigenvalue weighted by Gasteiger charge is -2.00. The van der Waals surface area contributed by atoms with E-state index in [0.717, 1.165) is 16.5 Å². The molecule has 2 heterocycles. The summed E-state index contributed by atoms with van der Waals surface area (Å²) < 4.78 is 0. The molecule has 1 aliphatic rings. The Morgan fingerprint density at radius 2 is 1.96 bits per heavy atom. The van der Waals surface area contributed by atoms with Gasteiger partial charge in [-0.15, -0.1) is 5.10 Å². The summed E-state index contributed by atoms with van der Waals surface area (Å²) >= 11 is 1.18. The second-order valence-electron chi connectivity index (χ2n) is 5.74. The van der Waals surface area contributed by atoms with E-state index in [4.69, 9.17) is 0 Å². The normalized spacial score (nSPS) is 16.7. The first kappa shape index (κ1) is 17.0. The number of hydrogen-bond acceptors (Lipinski definition) is 5. The van der Waals surface area contributed by atoms with Crippen molar-refractivity contribution in [1.82, 2.24) is 15.7 Å². The number of nitrogens with one attached hydrogen (secondary N) is 2. The second-order valence-corrected chi connectivity index (χ2v) is 6.77. The molecule has 2 amide bonds. The van der Waals surface area contributed by atoms with Crippen molar-refractivity contribution in [3.8, 4) is 0 Å². The van der Waals surface area contributed by atoms with Gasteiger partial charge in [0.05, 0.1) is 10.4 Å². The van der Waals surface area contributed by atoms with E-state index < -0.39 is 0 Å². The molecule has 1 aromatic heterocycles. The van der Waals surface area contributed by atoms with Crippen LogP contribution in [0.3, 0.4) is 0 Å². The zero-order valence-corrected chi connectivity index (χ0v) is 14.9. The maximum Gasteiger partial charge on any atom is 0.271 e. The Morgan fingerprint density at radius 1 is 1.11 bits per heavy atom. The molecule has 4 rings (SSSR count). The first-order chi connectivity index (χ1) is 13.2. The van der Waals surface area contributed by atoms with Crippen molar-refractivity contribution in [3.05, 3.63) is 82.9 Å². The van der Waals surface area contributed by atoms with E-state index in [0.29, 0.717) is 15.6 Å². The van der Waals surface area contributed by atoms with Crippen LogP contribution in [0.2, 0.25) is 0 Å². The standard InChI is InChI=1S/C20H14N4O2S/c25-18(14-5-2-1-3-6-14)23-24-20-22-19(26)17(27-20)12-13-8-9-16-15(11-13)7-4-10-21-16/h1-12H,(H,23,25)(H,22,24,26). The molecule has 0 unspecified atom stereocenters. The Bertz CT molecular complexity index is 1090. The van der Waals surface area contributed by atoms with Crippen LogP contribution in [0.5, 0.6) is 0 Å². The highest BCUT2D eigenvalue weighted by Gasteiger charge is 2.24. The van der Waals surface area contributed by atoms with Crippen molar-refractivity contribution in [2.45, 2.75) is 0 Å². The number of pyridine rings is 1. The number of amidine groups is 1. The van der Waals surface area contributed by atoms with E-state index in [1.54, 1.807) is 36.5 Å². The molecule has 1 aliphatic heterocycles. The lowest BCUT2D eigenvalue weighted by atomic mass is 10.1. The molecular weight excluding hydrogens is 360 g/mol. The van der Waals surface area contributed by atoms with Crippen molar-refractivity contribution in [2.75, 3.05) is 0 Å². The average molecular weight is 374 g/mol. The summed E-state index contributed by atoms with van der Waals surface area (Å²) in [4.78, 5) is 29.0. The summed E-state index contributed by atoms with van der Waals surface area (Å²) in [6.45, 7) is 0. The molecule has 0 bridgehead atoms. The number of hydrazone groups is 1. The number of amides is 2. The fourth-order valence-corrected chi connectivity index (χ4v) is 3.35. The fraction of sp³-hybridized carbons (Fsp3) is 0. The van der Waals surface area contributed by atoms with Crippen LogP contribution >= 0.6 is 11.8 Å². The van der Waals surface area contributed by atoms with Crippen LogP contribution in [0, 0.1) is 0 Å². The Morgan fingerprint density at radius 3 is 2.81 bits per heavy atom. The largest absolute Gasteiger partial charge is 0.299 e. The van der Waals surface area contributed by atoms with Crippen LogP contribution in [-0.2, 0) is 4.79 Å². The molecule has 0 saturated carbocycles. The lowest BCUT2D eigenvalue weighted by Crippen LogP contribution is -2.25. The third kappa shape index (κ3) is 3.88. The molecule has 6 nitrogen and oxygen atoms in total. The van der Waals surface area contributed by atoms with Crippen LogP contribution in [-0.4, -0.2) is 22.0 Å². The Hall–Kier alpha value is -3.45. The van der Waals surface area contributed by atoms with Crippen LogP contribution in [0.15, 0.2) is 76.9 Å². The first-order valence-electron chi connectivity index (χ1n) is 8.18. The summed E-state index contributed by atoms with van der Waals surface area (Å²) in [5.74, 6) is -0.587. The van der Waals surface area contributed by atoms with E-state index in [9.17, 15) is 9.59 Å². The van der Waals surface area contributed by atoms with Gasteiger partial charge in [0.25, 0.3) is 11.8 Å². The minimum absolute atomic E-state index is 0.251. The highest BCUT2D eigenvalue weighted by atomic mass is 32.2. The van der Waals surface area contributed by atoms with Crippen LogP contribution in [0.4, 0.5) is 0 Å². The molecule has 1 saturated heterocycles. The number of carbonyl (C=O) groups excluding carboxylic acids is 2. The molecule has 2 N–H and O–H groups in total. The van der Waals surface area contributed by atoms with Crippen molar-refractivity contribution in [2.24, 2.45) is 5.10 Å². The SMILES string of the molecule is O=C1NC(=NNC(=O)c2ccccc2)SC1=Cc1ccc2ncccc2c1. The van der Waals surface area contributed by atoms with Gasteiger partial charge >= 0.3 is 0 Å². The summed E-state index contributed by atoms with van der Waals surface area (Å²) in [5.41, 5.74) is 4.73. The summed E-state index contributed by atoms with van der Waals surface area (Å²) in [6, 6.07) is 18.4. The quantitative estimate of drug-likeness (QED) is 0.545. The number of thioether (sulfide) groups is 1. The molecule has 0 radical (unpaired) electrons. The molecule has 27 heavy (non-hydrogen) atoms. The molecule has 2 aromatic carbocycles. The molecule has 3 aromatic rings. The van der Waals surface area contributed by atoms with E-state index in [2.05, 4.69) is 20.8 Å². The van der Waals surface area contributed by atoms with Crippen molar-refractivity contribution < 1.29 is 9.59 Å². The van der Waals surface area contributed by atoms with Gasteiger partial charge in [-0.2, -0.15) is 0 Å². The van der Waals surface area contributed by atoms with Crippen LogP contribution < -0.4 is 10.7 Å². The third-order valence-electron chi connectivity index (χ3n) is 3.87. The smallest absolute Gasteiger partial charge is 0.271 e. The average Bonchev–Trinajstić information content (AvgIpc) is 3.06. The Balaban J connectivity index is 1.49. The highest BCUT2D eigenvalue weighted by molar-refractivity contribution is 8.18. The van der Waals surface area contributed by atoms with Gasteiger partial charge in [0.2, 0.25) is 0 Å². The summed E-state index contributed by atoms with van der Waals surface area (Å²) in [5, 5.41) is 7.97. The summed E-state index contributed by atoms with van der Waals surface area (Å²) in [6.07, 6.45) is 3.53. The van der Waals surface area contributed by atoms with Gasteiger partial charge in [0, 0.05) is 17.1 Å². The third-order valence-corrected chi connectivity index (χ3v) is 4.78. The monoisotopic (exact) mass is 374 g/mol. The van der Waals surface area contributed by atoms with Gasteiger partial charge in [0.1, 0.15) is 0 Å². The Labute approximate surface area is 159 Å². The van der Waals surface area contributed by atoms with E-state index in [1.165, 1.54) is 11.8 Å². The van der Waals surface area contributed by atoms with Crippen molar-refractivity contribution in [1.29, 1.82) is 0 Å². The Kier molecular flexibility index (Phi) is 4.67. The highest BCUT2D eigenvalue weighted by Crippen LogP contribution is 2.26. The number of hydrogen-bond donors (Lipinski definition) is 2. The van der Waals surface area contributed by atoms with Gasteiger partial charge in [-0.3, -0.25) is 19.9 Å². The summed E-state index contributed by atoms with van der Waals surface area (Å²) in [7, 11) is 0. The molecule has 0 spiro atoms. The number of fused-ring (bicyclic) bond motifs is 1. The van der Waals surface area contributed by atoms with Gasteiger partial charge in [0.15, 0.2) is 5.17 Å². The van der Waals surface area contributed by atoms with Crippen molar-refractivity contribution in [3.63, 3.8) is 0 Å². The molecule has 1 fully saturated rings. The van der Waals surface area contributed by atoms with Gasteiger partial charge in [-0.25, -0.2) is 5.43 Å². The predicted molar refractivity (Wildman–Crippen MR) is 107 cm³/mol. The maximum atomic E-state index is 12.2. The second kappa shape index (κ2) is 7.43. The predicted octanol–water partition coefficient (Wildman–Crippen LogP) is 3.14. The topological polar surface area (TPSA) is 83.5 Å². The van der Waals surface area contributed by atoms with E-state index in [1.807, 2.05) is 36.4 Å². The van der Waals surface area contributed by atoms with Crippen molar-refractivity contribution >= 4 is 45.7 Å². The number of aromatic nitrogens is 1. The van der Waals surface area contributed by atoms with Gasteiger partial charge < -0.3 is 0 Å².